The molecule has 0 saturated carbocycles. The molecule has 3 saturated heterocycles. The number of ether oxygens (including phenoxy) is 1. The van der Waals surface area contributed by atoms with Gasteiger partial charge in [-0.2, -0.15) is 0 Å². The molecular formula is C23H32F3N5O3. The molecule has 0 bridgehead atoms. The molecule has 3 fully saturated rings. The molecule has 1 aromatic carbocycles. The SMILES string of the molecule is CN1CCN(C(=O)CC[C@H]2CNC(=O)[C@H]3C[C@H](NCc4ccc(OC(F)(F)F)cc4)CN23)CC1. The second kappa shape index (κ2) is 10.5. The van der Waals surface area contributed by atoms with E-state index in [1.165, 1.54) is 12.1 Å². The van der Waals surface area contributed by atoms with E-state index in [0.717, 1.165) is 31.7 Å². The minimum absolute atomic E-state index is 0.0135. The van der Waals surface area contributed by atoms with Crippen LogP contribution in [0.1, 0.15) is 24.8 Å². The van der Waals surface area contributed by atoms with Crippen molar-refractivity contribution >= 4 is 11.8 Å². The lowest BCUT2D eigenvalue weighted by molar-refractivity contribution is -0.274. The molecular weight excluding hydrogens is 451 g/mol. The van der Waals surface area contributed by atoms with Gasteiger partial charge in [-0.05, 0) is 37.6 Å². The number of rotatable bonds is 7. The second-order valence-corrected chi connectivity index (χ2v) is 9.34. The highest BCUT2D eigenvalue weighted by Crippen LogP contribution is 2.27. The van der Waals surface area contributed by atoms with Gasteiger partial charge in [-0.1, -0.05) is 12.1 Å². The van der Waals surface area contributed by atoms with Crippen LogP contribution in [0.15, 0.2) is 24.3 Å². The van der Waals surface area contributed by atoms with E-state index in [4.69, 9.17) is 0 Å². The number of piperazine rings is 2. The van der Waals surface area contributed by atoms with Gasteiger partial charge in [0.15, 0.2) is 0 Å². The molecule has 0 radical (unpaired) electrons. The van der Waals surface area contributed by atoms with Crippen molar-refractivity contribution in [2.45, 2.75) is 50.3 Å². The van der Waals surface area contributed by atoms with Gasteiger partial charge < -0.3 is 25.2 Å². The maximum atomic E-state index is 12.6. The van der Waals surface area contributed by atoms with E-state index in [1.54, 1.807) is 12.1 Å². The molecule has 8 nitrogen and oxygen atoms in total. The summed E-state index contributed by atoms with van der Waals surface area (Å²) in [5, 5.41) is 6.41. The van der Waals surface area contributed by atoms with Crippen molar-refractivity contribution in [3.63, 3.8) is 0 Å². The predicted octanol–water partition coefficient (Wildman–Crippen LogP) is 1.17. The van der Waals surface area contributed by atoms with Gasteiger partial charge >= 0.3 is 6.36 Å². The van der Waals surface area contributed by atoms with Crippen LogP contribution in [0.3, 0.4) is 0 Å². The quantitative estimate of drug-likeness (QED) is 0.607. The number of fused-ring (bicyclic) bond motifs is 1. The Balaban J connectivity index is 1.26. The number of hydrogen-bond donors (Lipinski definition) is 2. The third kappa shape index (κ3) is 6.39. The summed E-state index contributed by atoms with van der Waals surface area (Å²) in [6, 6.07) is 5.75. The minimum atomic E-state index is -4.71. The van der Waals surface area contributed by atoms with Crippen molar-refractivity contribution in [1.29, 1.82) is 0 Å². The molecule has 0 unspecified atom stereocenters. The monoisotopic (exact) mass is 483 g/mol. The lowest BCUT2D eigenvalue weighted by Crippen LogP contribution is -2.58. The summed E-state index contributed by atoms with van der Waals surface area (Å²) in [5.41, 5.74) is 0.832. The van der Waals surface area contributed by atoms with Crippen molar-refractivity contribution in [2.75, 3.05) is 46.3 Å². The minimum Gasteiger partial charge on any atom is -0.406 e. The highest BCUT2D eigenvalue weighted by molar-refractivity contribution is 5.83. The zero-order valence-corrected chi connectivity index (χ0v) is 19.3. The summed E-state index contributed by atoms with van der Waals surface area (Å²) in [5.74, 6) is -0.0622. The summed E-state index contributed by atoms with van der Waals surface area (Å²) >= 11 is 0. The average molecular weight is 484 g/mol. The third-order valence-corrected chi connectivity index (χ3v) is 6.92. The molecule has 0 spiro atoms. The maximum Gasteiger partial charge on any atom is 0.573 e. The number of carbonyl (C=O) groups is 2. The van der Waals surface area contributed by atoms with Crippen molar-refractivity contribution in [2.24, 2.45) is 0 Å². The van der Waals surface area contributed by atoms with Gasteiger partial charge in [0.05, 0.1) is 6.04 Å². The summed E-state index contributed by atoms with van der Waals surface area (Å²) in [7, 11) is 2.06. The molecule has 2 N–H and O–H groups in total. The van der Waals surface area contributed by atoms with E-state index in [2.05, 4.69) is 32.2 Å². The first-order valence-electron chi connectivity index (χ1n) is 11.8. The first-order chi connectivity index (χ1) is 16.2. The average Bonchev–Trinajstić information content (AvgIpc) is 3.23. The second-order valence-electron chi connectivity index (χ2n) is 9.34. The largest absolute Gasteiger partial charge is 0.573 e. The summed E-state index contributed by atoms with van der Waals surface area (Å²) in [6.45, 7) is 5.03. The molecule has 1 aromatic rings. The lowest BCUT2D eigenvalue weighted by Gasteiger charge is -2.38. The summed E-state index contributed by atoms with van der Waals surface area (Å²) in [4.78, 5) is 31.4. The Bertz CT molecular complexity index is 858. The van der Waals surface area contributed by atoms with Gasteiger partial charge in [-0.15, -0.1) is 13.2 Å². The van der Waals surface area contributed by atoms with Crippen molar-refractivity contribution in [3.05, 3.63) is 29.8 Å². The van der Waals surface area contributed by atoms with Crippen LogP contribution in [-0.4, -0.2) is 97.3 Å². The number of alkyl halides is 3. The number of amides is 2. The van der Waals surface area contributed by atoms with Gasteiger partial charge in [-0.25, -0.2) is 0 Å². The lowest BCUT2D eigenvalue weighted by atomic mass is 10.0. The van der Waals surface area contributed by atoms with Crippen LogP contribution < -0.4 is 15.4 Å². The first kappa shape index (κ1) is 24.7. The van der Waals surface area contributed by atoms with E-state index in [0.29, 0.717) is 38.9 Å². The fourth-order valence-corrected chi connectivity index (χ4v) is 4.97. The molecule has 4 rings (SSSR count). The summed E-state index contributed by atoms with van der Waals surface area (Å²) < 4.78 is 40.9. The number of carbonyl (C=O) groups excluding carboxylic acids is 2. The zero-order chi connectivity index (χ0) is 24.3. The molecule has 3 heterocycles. The van der Waals surface area contributed by atoms with E-state index < -0.39 is 6.36 Å². The number of nitrogens with one attached hydrogen (secondary N) is 2. The summed E-state index contributed by atoms with van der Waals surface area (Å²) in [6.07, 6.45) is -2.88. The molecule has 34 heavy (non-hydrogen) atoms. The van der Waals surface area contributed by atoms with Crippen LogP contribution in [0.4, 0.5) is 13.2 Å². The van der Waals surface area contributed by atoms with Crippen LogP contribution in [0.25, 0.3) is 0 Å². The molecule has 0 aromatic heterocycles. The molecule has 11 heteroatoms. The third-order valence-electron chi connectivity index (χ3n) is 6.92. The Hall–Kier alpha value is -2.37. The number of hydrogen-bond acceptors (Lipinski definition) is 6. The Morgan fingerprint density at radius 1 is 1.18 bits per heavy atom. The van der Waals surface area contributed by atoms with Gasteiger partial charge in [0.2, 0.25) is 11.8 Å². The smallest absolute Gasteiger partial charge is 0.406 e. The van der Waals surface area contributed by atoms with Gasteiger partial charge in [0, 0.05) is 64.3 Å². The molecule has 2 amide bonds. The van der Waals surface area contributed by atoms with E-state index >= 15 is 0 Å². The molecule has 188 valence electrons. The van der Waals surface area contributed by atoms with Gasteiger partial charge in [0.25, 0.3) is 0 Å². The number of halogens is 3. The van der Waals surface area contributed by atoms with Crippen LogP contribution >= 0.6 is 0 Å². The molecule has 3 aliphatic rings. The van der Waals surface area contributed by atoms with E-state index in [1.807, 2.05) is 4.90 Å². The standard InChI is InChI=1S/C23H32F3N5O3/c1-29-8-10-30(11-9-29)21(32)7-4-18-14-28-22(33)20-12-17(15-31(18)20)27-13-16-2-5-19(6-3-16)34-23(24,25)26/h2-3,5-6,17-18,20,27H,4,7-15H2,1H3,(H,28,33)/t17-,18-,20+/m0/s1. The Morgan fingerprint density at radius 3 is 2.56 bits per heavy atom. The fourth-order valence-electron chi connectivity index (χ4n) is 4.97. The Morgan fingerprint density at radius 2 is 1.88 bits per heavy atom. The van der Waals surface area contributed by atoms with Crippen molar-refractivity contribution < 1.29 is 27.5 Å². The molecule has 0 aliphatic carbocycles. The number of nitrogens with zero attached hydrogens (tertiary/aromatic N) is 3. The van der Waals surface area contributed by atoms with Crippen LogP contribution in [0.5, 0.6) is 5.75 Å². The van der Waals surface area contributed by atoms with Crippen LogP contribution in [0, 0.1) is 0 Å². The van der Waals surface area contributed by atoms with Gasteiger partial charge in [-0.3, -0.25) is 14.5 Å². The van der Waals surface area contributed by atoms with E-state index in [9.17, 15) is 22.8 Å². The predicted molar refractivity (Wildman–Crippen MR) is 119 cm³/mol. The number of benzene rings is 1. The van der Waals surface area contributed by atoms with Crippen LogP contribution in [-0.2, 0) is 16.1 Å². The normalized spacial score (nSPS) is 26.3. The maximum absolute atomic E-state index is 12.6. The fraction of sp³-hybridized carbons (Fsp3) is 0.652. The first-order valence-corrected chi connectivity index (χ1v) is 11.8. The highest BCUT2D eigenvalue weighted by atomic mass is 19.4. The van der Waals surface area contributed by atoms with Crippen molar-refractivity contribution in [1.82, 2.24) is 25.3 Å². The van der Waals surface area contributed by atoms with E-state index in [-0.39, 0.29) is 35.7 Å². The molecule has 3 atom stereocenters. The van der Waals surface area contributed by atoms with Crippen LogP contribution in [0.2, 0.25) is 0 Å². The highest BCUT2D eigenvalue weighted by Gasteiger charge is 2.43. The zero-order valence-electron chi connectivity index (χ0n) is 19.3. The topological polar surface area (TPSA) is 77.1 Å². The number of likely N-dealkylation sites (N-methyl/N-ethyl adjacent to an activating group) is 1. The Kier molecular flexibility index (Phi) is 7.63. The van der Waals surface area contributed by atoms with Crippen molar-refractivity contribution in [3.8, 4) is 5.75 Å². The Labute approximate surface area is 197 Å². The van der Waals surface area contributed by atoms with Gasteiger partial charge in [0.1, 0.15) is 5.75 Å². The molecule has 3 aliphatic heterocycles.